The lowest BCUT2D eigenvalue weighted by Gasteiger charge is -2.15. The number of carbonyl (C=O) groups excluding carboxylic acids is 2. The molecule has 4 N–H and O–H groups in total. The molecule has 0 radical (unpaired) electrons. The van der Waals surface area contributed by atoms with E-state index in [-0.39, 0.29) is 42.9 Å². The molecule has 34 heavy (non-hydrogen) atoms. The number of nitrogens with zero attached hydrogens (tertiary/aromatic N) is 2. The minimum atomic E-state index is -0.518. The van der Waals surface area contributed by atoms with Crippen LogP contribution in [-0.4, -0.2) is 47.2 Å². The zero-order valence-corrected chi connectivity index (χ0v) is 19.5. The number of amides is 2. The molecule has 0 aromatic heterocycles. The summed E-state index contributed by atoms with van der Waals surface area (Å²) in [6.45, 7) is 4.09. The van der Waals surface area contributed by atoms with Crippen LogP contribution in [0.25, 0.3) is 0 Å². The average molecular weight is 469 g/mol. The first-order valence-electron chi connectivity index (χ1n) is 11.2. The number of hydrazone groups is 2. The van der Waals surface area contributed by atoms with Crippen molar-refractivity contribution < 1.29 is 24.5 Å². The summed E-state index contributed by atoms with van der Waals surface area (Å²) in [6.07, 6.45) is 4.11. The van der Waals surface area contributed by atoms with Gasteiger partial charge in [-0.15, -0.1) is 0 Å². The van der Waals surface area contributed by atoms with Gasteiger partial charge in [0, 0.05) is 12.8 Å². The van der Waals surface area contributed by atoms with E-state index < -0.39 is 6.10 Å². The number of hydrogen-bond acceptors (Lipinski definition) is 7. The van der Waals surface area contributed by atoms with Crippen LogP contribution in [0.2, 0.25) is 0 Å². The molecule has 9 heteroatoms. The lowest BCUT2D eigenvalue weighted by atomic mass is 10.1. The van der Waals surface area contributed by atoms with Gasteiger partial charge in [0.25, 0.3) is 0 Å². The number of aromatic hydroxyl groups is 1. The quantitative estimate of drug-likeness (QED) is 0.204. The highest BCUT2D eigenvalue weighted by Gasteiger charge is 2.09. The molecule has 1 unspecified atom stereocenters. The van der Waals surface area contributed by atoms with Gasteiger partial charge in [-0.1, -0.05) is 13.8 Å². The zero-order valence-electron chi connectivity index (χ0n) is 19.5. The van der Waals surface area contributed by atoms with E-state index >= 15 is 0 Å². The summed E-state index contributed by atoms with van der Waals surface area (Å²) in [5, 5.41) is 26.8. The number of nitrogens with one attached hydrogen (secondary N) is 2. The number of phenols is 1. The smallest absolute Gasteiger partial charge is 0.240 e. The van der Waals surface area contributed by atoms with E-state index in [1.54, 1.807) is 36.4 Å². The van der Waals surface area contributed by atoms with Crippen molar-refractivity contribution in [2.45, 2.75) is 45.6 Å². The number of unbranched alkanes of at least 4 members (excludes halogenated alkanes) is 1. The maximum atomic E-state index is 11.9. The SMILES string of the molecule is CC(C)C(O)COc1ccc(/C=N/NC(=O)CCCCC(=O)N/N=C/c2ccc(O)cc2)cc1. The van der Waals surface area contributed by atoms with Crippen LogP contribution < -0.4 is 15.6 Å². The molecule has 0 saturated heterocycles. The van der Waals surface area contributed by atoms with E-state index in [4.69, 9.17) is 4.74 Å². The number of hydrogen-bond donors (Lipinski definition) is 4. The molecule has 1 atom stereocenters. The molecule has 182 valence electrons. The van der Waals surface area contributed by atoms with Gasteiger partial charge >= 0.3 is 0 Å². The fourth-order valence-electron chi connectivity index (χ4n) is 2.63. The van der Waals surface area contributed by atoms with Crippen LogP contribution in [0.4, 0.5) is 0 Å². The summed E-state index contributed by atoms with van der Waals surface area (Å²) in [7, 11) is 0. The molecule has 0 aliphatic rings. The Hall–Kier alpha value is -3.72. The summed E-state index contributed by atoms with van der Waals surface area (Å²) >= 11 is 0. The highest BCUT2D eigenvalue weighted by molar-refractivity contribution is 5.83. The molecule has 0 aliphatic carbocycles. The van der Waals surface area contributed by atoms with Gasteiger partial charge in [-0.3, -0.25) is 9.59 Å². The van der Waals surface area contributed by atoms with Gasteiger partial charge in [0.05, 0.1) is 18.5 Å². The maximum absolute atomic E-state index is 11.9. The van der Waals surface area contributed by atoms with Crippen LogP contribution in [0.5, 0.6) is 11.5 Å². The van der Waals surface area contributed by atoms with E-state index in [0.29, 0.717) is 18.6 Å². The molecule has 0 bridgehead atoms. The monoisotopic (exact) mass is 468 g/mol. The van der Waals surface area contributed by atoms with Crippen LogP contribution in [0.3, 0.4) is 0 Å². The Bertz CT molecular complexity index is 956. The molecule has 0 heterocycles. The number of aliphatic hydroxyl groups excluding tert-OH is 1. The van der Waals surface area contributed by atoms with Crippen molar-refractivity contribution in [1.29, 1.82) is 0 Å². The molecular formula is C25H32N4O5. The van der Waals surface area contributed by atoms with Crippen molar-refractivity contribution in [2.75, 3.05) is 6.61 Å². The number of ether oxygens (including phenoxy) is 1. The number of rotatable bonds is 13. The third kappa shape index (κ3) is 10.7. The molecule has 0 fully saturated rings. The Balaban J connectivity index is 1.58. The molecule has 9 nitrogen and oxygen atoms in total. The largest absolute Gasteiger partial charge is 0.508 e. The van der Waals surface area contributed by atoms with Crippen LogP contribution >= 0.6 is 0 Å². The Morgan fingerprint density at radius 3 is 1.82 bits per heavy atom. The van der Waals surface area contributed by atoms with Crippen molar-refractivity contribution in [3.63, 3.8) is 0 Å². The van der Waals surface area contributed by atoms with Crippen molar-refractivity contribution in [3.8, 4) is 11.5 Å². The number of carbonyl (C=O) groups is 2. The Morgan fingerprint density at radius 2 is 1.35 bits per heavy atom. The highest BCUT2D eigenvalue weighted by Crippen LogP contribution is 2.13. The fraction of sp³-hybridized carbons (Fsp3) is 0.360. The van der Waals surface area contributed by atoms with Crippen LogP contribution in [-0.2, 0) is 9.59 Å². The maximum Gasteiger partial charge on any atom is 0.240 e. The summed E-state index contributed by atoms with van der Waals surface area (Å²) in [4.78, 5) is 23.7. The second-order valence-electron chi connectivity index (χ2n) is 8.08. The summed E-state index contributed by atoms with van der Waals surface area (Å²) in [6, 6.07) is 13.6. The van der Waals surface area contributed by atoms with Gasteiger partial charge in [0.2, 0.25) is 11.8 Å². The van der Waals surface area contributed by atoms with Gasteiger partial charge in [-0.05, 0) is 78.4 Å². The summed E-state index contributed by atoms with van der Waals surface area (Å²) in [5.74, 6) is 0.471. The lowest BCUT2D eigenvalue weighted by molar-refractivity contribution is -0.123. The Morgan fingerprint density at radius 1 is 0.882 bits per heavy atom. The third-order valence-corrected chi connectivity index (χ3v) is 4.83. The van der Waals surface area contributed by atoms with E-state index in [0.717, 1.165) is 11.1 Å². The molecule has 0 saturated carbocycles. The summed E-state index contributed by atoms with van der Waals surface area (Å²) < 4.78 is 5.54. The molecular weight excluding hydrogens is 436 g/mol. The highest BCUT2D eigenvalue weighted by atomic mass is 16.5. The predicted molar refractivity (Wildman–Crippen MR) is 131 cm³/mol. The number of phenolic OH excluding ortho intramolecular Hbond substituents is 1. The van der Waals surface area contributed by atoms with Crippen molar-refractivity contribution in [1.82, 2.24) is 10.9 Å². The van der Waals surface area contributed by atoms with E-state index in [2.05, 4.69) is 21.1 Å². The Labute approximate surface area is 199 Å². The van der Waals surface area contributed by atoms with Crippen molar-refractivity contribution in [2.24, 2.45) is 16.1 Å². The topological polar surface area (TPSA) is 133 Å². The van der Waals surface area contributed by atoms with E-state index in [1.165, 1.54) is 24.6 Å². The van der Waals surface area contributed by atoms with E-state index in [9.17, 15) is 19.8 Å². The first-order chi connectivity index (χ1) is 16.3. The Kier molecular flexibility index (Phi) is 11.3. The standard InChI is InChI=1S/C25H32N4O5/c1-18(2)23(31)17-34-22-13-9-20(10-14-22)16-27-29-25(33)6-4-3-5-24(32)28-26-15-19-7-11-21(30)12-8-19/h7-16,18,23,30-31H,3-6,17H2,1-2H3,(H,28,32)(H,29,33)/b26-15+,27-16+. The predicted octanol–water partition coefficient (Wildman–Crippen LogP) is 2.95. The van der Waals surface area contributed by atoms with Crippen molar-refractivity contribution in [3.05, 3.63) is 59.7 Å². The third-order valence-electron chi connectivity index (χ3n) is 4.83. The van der Waals surface area contributed by atoms with Crippen LogP contribution in [0, 0.1) is 5.92 Å². The first-order valence-corrected chi connectivity index (χ1v) is 11.2. The second-order valence-corrected chi connectivity index (χ2v) is 8.08. The minimum Gasteiger partial charge on any atom is -0.508 e. The molecule has 0 aliphatic heterocycles. The second kappa shape index (κ2) is 14.4. The fourth-order valence-corrected chi connectivity index (χ4v) is 2.63. The average Bonchev–Trinajstić information content (AvgIpc) is 2.82. The number of aliphatic hydroxyl groups is 1. The molecule has 2 aromatic rings. The molecule has 2 amide bonds. The molecule has 2 aromatic carbocycles. The van der Waals surface area contributed by atoms with Gasteiger partial charge < -0.3 is 14.9 Å². The van der Waals surface area contributed by atoms with Crippen LogP contribution in [0.15, 0.2) is 58.7 Å². The van der Waals surface area contributed by atoms with Gasteiger partial charge in [0.15, 0.2) is 0 Å². The lowest BCUT2D eigenvalue weighted by Crippen LogP contribution is -2.23. The van der Waals surface area contributed by atoms with Gasteiger partial charge in [-0.25, -0.2) is 10.9 Å². The zero-order chi connectivity index (χ0) is 24.8. The number of benzene rings is 2. The van der Waals surface area contributed by atoms with Crippen molar-refractivity contribution >= 4 is 24.2 Å². The van der Waals surface area contributed by atoms with E-state index in [1.807, 2.05) is 13.8 Å². The first kappa shape index (κ1) is 26.5. The normalized spacial score (nSPS) is 12.2. The van der Waals surface area contributed by atoms with Crippen LogP contribution in [0.1, 0.15) is 50.7 Å². The minimum absolute atomic E-state index is 0.129. The molecule has 2 rings (SSSR count). The van der Waals surface area contributed by atoms with Gasteiger partial charge in [0.1, 0.15) is 18.1 Å². The summed E-state index contributed by atoms with van der Waals surface area (Å²) in [5.41, 5.74) is 6.44. The molecule has 0 spiro atoms. The van der Waals surface area contributed by atoms with Gasteiger partial charge in [-0.2, -0.15) is 10.2 Å².